The first-order chi connectivity index (χ1) is 8.95. The van der Waals surface area contributed by atoms with Gasteiger partial charge in [0.05, 0.1) is 5.56 Å². The molecule has 0 radical (unpaired) electrons. The SMILES string of the molecule is CSCCC(C)N(C)Cc1ccc(C(=O)O)c(F)c1. The van der Waals surface area contributed by atoms with E-state index in [1.54, 1.807) is 6.07 Å². The minimum atomic E-state index is -1.23. The van der Waals surface area contributed by atoms with Crippen molar-refractivity contribution >= 4 is 17.7 Å². The van der Waals surface area contributed by atoms with Crippen LogP contribution in [0.3, 0.4) is 0 Å². The Bertz CT molecular complexity index is 439. The first-order valence-electron chi connectivity index (χ1n) is 6.16. The van der Waals surface area contributed by atoms with Crippen LogP contribution in [0.5, 0.6) is 0 Å². The van der Waals surface area contributed by atoms with Gasteiger partial charge in [0.15, 0.2) is 0 Å². The topological polar surface area (TPSA) is 40.5 Å². The first kappa shape index (κ1) is 16.0. The number of carbonyl (C=O) groups is 1. The molecular weight excluding hydrogens is 265 g/mol. The second-order valence-corrected chi connectivity index (χ2v) is 5.65. The lowest BCUT2D eigenvalue weighted by atomic mass is 10.1. The Kier molecular flexibility index (Phi) is 6.31. The van der Waals surface area contributed by atoms with Crippen LogP contribution in [0.1, 0.15) is 29.3 Å². The number of thioether (sulfide) groups is 1. The highest BCUT2D eigenvalue weighted by Gasteiger charge is 2.13. The average Bonchev–Trinajstić information content (AvgIpc) is 2.35. The fourth-order valence-electron chi connectivity index (χ4n) is 1.78. The summed E-state index contributed by atoms with van der Waals surface area (Å²) < 4.78 is 13.6. The predicted molar refractivity (Wildman–Crippen MR) is 77.3 cm³/mol. The molecule has 0 bridgehead atoms. The monoisotopic (exact) mass is 285 g/mol. The number of hydrogen-bond donors (Lipinski definition) is 1. The van der Waals surface area contributed by atoms with Crippen LogP contribution in [0.15, 0.2) is 18.2 Å². The molecule has 0 fully saturated rings. The molecule has 1 rings (SSSR count). The van der Waals surface area contributed by atoms with Crippen molar-refractivity contribution in [2.45, 2.75) is 25.9 Å². The summed E-state index contributed by atoms with van der Waals surface area (Å²) in [6, 6.07) is 4.72. The largest absolute Gasteiger partial charge is 0.478 e. The van der Waals surface area contributed by atoms with Gasteiger partial charge in [-0.15, -0.1) is 0 Å². The van der Waals surface area contributed by atoms with Crippen LogP contribution in [0.2, 0.25) is 0 Å². The third-order valence-electron chi connectivity index (χ3n) is 3.19. The number of carboxylic acid groups (broad SMARTS) is 1. The molecular formula is C14H20FNO2S. The highest BCUT2D eigenvalue weighted by Crippen LogP contribution is 2.14. The van der Waals surface area contributed by atoms with E-state index in [1.807, 2.05) is 18.8 Å². The lowest BCUT2D eigenvalue weighted by Crippen LogP contribution is -2.29. The van der Waals surface area contributed by atoms with E-state index in [2.05, 4.69) is 18.1 Å². The van der Waals surface area contributed by atoms with Crippen molar-refractivity contribution in [3.8, 4) is 0 Å². The van der Waals surface area contributed by atoms with Gasteiger partial charge < -0.3 is 5.11 Å². The average molecular weight is 285 g/mol. The molecule has 0 aliphatic carbocycles. The molecule has 1 aromatic rings. The Morgan fingerprint density at radius 1 is 1.53 bits per heavy atom. The van der Waals surface area contributed by atoms with Crippen LogP contribution in [-0.4, -0.2) is 41.1 Å². The van der Waals surface area contributed by atoms with Gasteiger partial charge in [-0.05, 0) is 50.1 Å². The second kappa shape index (κ2) is 7.50. The Morgan fingerprint density at radius 2 is 2.21 bits per heavy atom. The lowest BCUT2D eigenvalue weighted by molar-refractivity contribution is 0.0692. The fourth-order valence-corrected chi connectivity index (χ4v) is 2.36. The quantitative estimate of drug-likeness (QED) is 0.835. The molecule has 0 aromatic heterocycles. The highest BCUT2D eigenvalue weighted by atomic mass is 32.2. The van der Waals surface area contributed by atoms with Crippen molar-refractivity contribution in [1.29, 1.82) is 0 Å². The van der Waals surface area contributed by atoms with Gasteiger partial charge in [0, 0.05) is 12.6 Å². The van der Waals surface area contributed by atoms with E-state index in [1.165, 1.54) is 12.1 Å². The molecule has 0 saturated heterocycles. The second-order valence-electron chi connectivity index (χ2n) is 4.66. The summed E-state index contributed by atoms with van der Waals surface area (Å²) in [5.41, 5.74) is 0.517. The van der Waals surface area contributed by atoms with Crippen molar-refractivity contribution in [2.75, 3.05) is 19.1 Å². The van der Waals surface area contributed by atoms with E-state index in [9.17, 15) is 9.18 Å². The van der Waals surface area contributed by atoms with Crippen molar-refractivity contribution < 1.29 is 14.3 Å². The predicted octanol–water partition coefficient (Wildman–Crippen LogP) is 3.10. The molecule has 1 atom stereocenters. The maximum Gasteiger partial charge on any atom is 0.338 e. The third kappa shape index (κ3) is 4.84. The van der Waals surface area contributed by atoms with Crippen molar-refractivity contribution in [2.24, 2.45) is 0 Å². The fraction of sp³-hybridized carbons (Fsp3) is 0.500. The van der Waals surface area contributed by atoms with Gasteiger partial charge in [-0.3, -0.25) is 4.90 Å². The van der Waals surface area contributed by atoms with E-state index >= 15 is 0 Å². The standard InChI is InChI=1S/C14H20FNO2S/c1-10(6-7-19-3)16(2)9-11-4-5-12(14(17)18)13(15)8-11/h4-5,8,10H,6-7,9H2,1-3H3,(H,17,18). The zero-order valence-corrected chi connectivity index (χ0v) is 12.3. The first-order valence-corrected chi connectivity index (χ1v) is 7.56. The number of carboxylic acids is 1. The number of benzene rings is 1. The van der Waals surface area contributed by atoms with Gasteiger partial charge in [0.2, 0.25) is 0 Å². The summed E-state index contributed by atoms with van der Waals surface area (Å²) in [5.74, 6) is -0.807. The molecule has 0 aliphatic heterocycles. The molecule has 19 heavy (non-hydrogen) atoms. The molecule has 0 spiro atoms. The van der Waals surface area contributed by atoms with Gasteiger partial charge in [-0.25, -0.2) is 9.18 Å². The Labute approximate surface area is 117 Å². The normalized spacial score (nSPS) is 12.7. The summed E-state index contributed by atoms with van der Waals surface area (Å²) in [6.07, 6.45) is 3.15. The van der Waals surface area contributed by atoms with E-state index in [0.29, 0.717) is 12.6 Å². The van der Waals surface area contributed by atoms with Crippen LogP contribution in [-0.2, 0) is 6.54 Å². The van der Waals surface area contributed by atoms with Gasteiger partial charge in [-0.1, -0.05) is 6.07 Å². The maximum atomic E-state index is 13.6. The zero-order chi connectivity index (χ0) is 14.4. The van der Waals surface area contributed by atoms with E-state index in [4.69, 9.17) is 5.11 Å². The molecule has 1 N–H and O–H groups in total. The lowest BCUT2D eigenvalue weighted by Gasteiger charge is -2.24. The Morgan fingerprint density at radius 3 is 2.74 bits per heavy atom. The molecule has 0 saturated carbocycles. The molecule has 1 aromatic carbocycles. The van der Waals surface area contributed by atoms with E-state index in [0.717, 1.165) is 17.7 Å². The summed E-state index contributed by atoms with van der Waals surface area (Å²) in [5, 5.41) is 8.77. The van der Waals surface area contributed by atoms with Gasteiger partial charge in [0.25, 0.3) is 0 Å². The van der Waals surface area contributed by atoms with Crippen molar-refractivity contribution in [3.63, 3.8) is 0 Å². The number of halogens is 1. The minimum absolute atomic E-state index is 0.276. The number of nitrogens with zero attached hydrogens (tertiary/aromatic N) is 1. The molecule has 106 valence electrons. The summed E-state index contributed by atoms with van der Waals surface area (Å²) in [6.45, 7) is 2.75. The zero-order valence-electron chi connectivity index (χ0n) is 11.5. The van der Waals surface area contributed by atoms with E-state index in [-0.39, 0.29) is 5.56 Å². The van der Waals surface area contributed by atoms with Gasteiger partial charge >= 0.3 is 5.97 Å². The smallest absolute Gasteiger partial charge is 0.338 e. The highest BCUT2D eigenvalue weighted by molar-refractivity contribution is 7.98. The Hall–Kier alpha value is -1.07. The van der Waals surface area contributed by atoms with Gasteiger partial charge in [0.1, 0.15) is 5.82 Å². The van der Waals surface area contributed by atoms with Gasteiger partial charge in [-0.2, -0.15) is 11.8 Å². The molecule has 1 unspecified atom stereocenters. The summed E-state index contributed by atoms with van der Waals surface area (Å²) >= 11 is 1.81. The van der Waals surface area contributed by atoms with Crippen LogP contribution in [0.25, 0.3) is 0 Å². The maximum absolute atomic E-state index is 13.6. The molecule has 3 nitrogen and oxygen atoms in total. The van der Waals surface area contributed by atoms with Crippen LogP contribution >= 0.6 is 11.8 Å². The molecule has 0 amide bonds. The van der Waals surface area contributed by atoms with E-state index < -0.39 is 11.8 Å². The summed E-state index contributed by atoms with van der Waals surface area (Å²) in [7, 11) is 1.99. The summed E-state index contributed by atoms with van der Waals surface area (Å²) in [4.78, 5) is 12.9. The molecule has 0 aliphatic rings. The number of aromatic carboxylic acids is 1. The van der Waals surface area contributed by atoms with Crippen molar-refractivity contribution in [3.05, 3.63) is 35.1 Å². The third-order valence-corrected chi connectivity index (χ3v) is 3.83. The molecule has 5 heteroatoms. The van der Waals surface area contributed by atoms with Crippen molar-refractivity contribution in [1.82, 2.24) is 4.90 Å². The number of hydrogen-bond acceptors (Lipinski definition) is 3. The number of rotatable bonds is 7. The van der Waals surface area contributed by atoms with Crippen LogP contribution < -0.4 is 0 Å². The van der Waals surface area contributed by atoms with Crippen LogP contribution in [0.4, 0.5) is 4.39 Å². The van der Waals surface area contributed by atoms with Crippen LogP contribution in [0, 0.1) is 5.82 Å². The Balaban J connectivity index is 2.67. The minimum Gasteiger partial charge on any atom is -0.478 e. The molecule has 0 heterocycles.